The highest BCUT2D eigenvalue weighted by molar-refractivity contribution is 7.86. The Kier molecular flexibility index (Phi) is 2.57. The van der Waals surface area contributed by atoms with Gasteiger partial charge in [0.2, 0.25) is 0 Å². The number of rotatable bonds is 2. The second-order valence-electron chi connectivity index (χ2n) is 3.29. The number of ether oxygens (including phenoxy) is 1. The molecule has 0 aromatic heterocycles. The molecule has 0 atom stereocenters. The van der Waals surface area contributed by atoms with Crippen LogP contribution in [0, 0.1) is 0 Å². The van der Waals surface area contributed by atoms with Crippen molar-refractivity contribution in [1.29, 1.82) is 0 Å². The fourth-order valence-electron chi connectivity index (χ4n) is 1.64. The summed E-state index contributed by atoms with van der Waals surface area (Å²) in [5.41, 5.74) is 0. The first-order chi connectivity index (χ1) is 7.54. The van der Waals surface area contributed by atoms with E-state index in [0.29, 0.717) is 5.39 Å². The molecule has 0 amide bonds. The predicted octanol–water partition coefficient (Wildman–Crippen LogP) is 2.10. The number of hydrogen-bond donors (Lipinski definition) is 1. The van der Waals surface area contributed by atoms with Gasteiger partial charge in [-0.25, -0.2) is 0 Å². The molecule has 2 aromatic rings. The van der Waals surface area contributed by atoms with E-state index >= 15 is 0 Å². The van der Waals surface area contributed by atoms with Crippen LogP contribution in [0.2, 0.25) is 0 Å². The molecule has 0 radical (unpaired) electrons. The Morgan fingerprint density at radius 1 is 1.12 bits per heavy atom. The fraction of sp³-hybridized carbons (Fsp3) is 0.0909. The number of hydrogen-bond acceptors (Lipinski definition) is 3. The summed E-state index contributed by atoms with van der Waals surface area (Å²) in [6, 6.07) is 10.2. The van der Waals surface area contributed by atoms with Crippen LogP contribution in [0.4, 0.5) is 0 Å². The van der Waals surface area contributed by atoms with Crippen LogP contribution in [0.25, 0.3) is 10.8 Å². The van der Waals surface area contributed by atoms with E-state index < -0.39 is 10.1 Å². The lowest BCUT2D eigenvalue weighted by atomic mass is 10.1. The Morgan fingerprint density at radius 3 is 2.44 bits per heavy atom. The third-order valence-corrected chi connectivity index (χ3v) is 3.20. The van der Waals surface area contributed by atoms with Gasteiger partial charge in [-0.05, 0) is 11.5 Å². The standard InChI is InChI=1S/C11H10O4S/c1-15-11-9-5-3-2-4-8(9)6-7-10(11)16(12,13)14/h2-7H,1H3,(H,12,13,14). The van der Waals surface area contributed by atoms with E-state index in [1.54, 1.807) is 18.2 Å². The van der Waals surface area contributed by atoms with E-state index in [1.165, 1.54) is 13.2 Å². The van der Waals surface area contributed by atoms with Crippen molar-refractivity contribution in [2.75, 3.05) is 7.11 Å². The Bertz CT molecular complexity index is 631. The van der Waals surface area contributed by atoms with Gasteiger partial charge in [0.25, 0.3) is 10.1 Å². The van der Waals surface area contributed by atoms with Gasteiger partial charge in [0.15, 0.2) is 0 Å². The van der Waals surface area contributed by atoms with Crippen LogP contribution in [0.3, 0.4) is 0 Å². The first kappa shape index (κ1) is 10.9. The first-order valence-corrected chi connectivity index (χ1v) is 6.01. The highest BCUT2D eigenvalue weighted by Gasteiger charge is 2.18. The maximum Gasteiger partial charge on any atom is 0.298 e. The third kappa shape index (κ3) is 1.75. The second kappa shape index (κ2) is 3.77. The highest BCUT2D eigenvalue weighted by atomic mass is 32.2. The lowest BCUT2D eigenvalue weighted by Gasteiger charge is -2.09. The Labute approximate surface area is 93.2 Å². The van der Waals surface area contributed by atoms with Gasteiger partial charge < -0.3 is 4.74 Å². The van der Waals surface area contributed by atoms with E-state index in [9.17, 15) is 8.42 Å². The van der Waals surface area contributed by atoms with Crippen LogP contribution in [0.5, 0.6) is 5.75 Å². The molecular weight excluding hydrogens is 228 g/mol. The molecule has 0 fully saturated rings. The van der Waals surface area contributed by atoms with E-state index in [4.69, 9.17) is 9.29 Å². The van der Waals surface area contributed by atoms with Crippen molar-refractivity contribution in [3.8, 4) is 5.75 Å². The largest absolute Gasteiger partial charge is 0.495 e. The minimum absolute atomic E-state index is 0.167. The molecular formula is C11H10O4S. The maximum absolute atomic E-state index is 11.1. The molecule has 4 nitrogen and oxygen atoms in total. The number of methoxy groups -OCH3 is 1. The van der Waals surface area contributed by atoms with Crippen LogP contribution in [-0.4, -0.2) is 20.1 Å². The molecule has 84 valence electrons. The summed E-state index contributed by atoms with van der Waals surface area (Å²) in [5, 5.41) is 1.51. The summed E-state index contributed by atoms with van der Waals surface area (Å²) in [6.07, 6.45) is 0. The highest BCUT2D eigenvalue weighted by Crippen LogP contribution is 2.32. The van der Waals surface area contributed by atoms with Crippen molar-refractivity contribution in [3.63, 3.8) is 0 Å². The molecule has 0 spiro atoms. The van der Waals surface area contributed by atoms with Crippen molar-refractivity contribution in [2.24, 2.45) is 0 Å². The summed E-state index contributed by atoms with van der Waals surface area (Å²) in [7, 11) is -2.89. The minimum atomic E-state index is -4.26. The van der Waals surface area contributed by atoms with Crippen molar-refractivity contribution < 1.29 is 17.7 Å². The first-order valence-electron chi connectivity index (χ1n) is 4.57. The molecule has 0 heterocycles. The summed E-state index contributed by atoms with van der Waals surface area (Å²) < 4.78 is 36.4. The summed E-state index contributed by atoms with van der Waals surface area (Å²) in [6.45, 7) is 0. The van der Waals surface area contributed by atoms with Crippen LogP contribution >= 0.6 is 0 Å². The summed E-state index contributed by atoms with van der Waals surface area (Å²) >= 11 is 0. The zero-order valence-electron chi connectivity index (χ0n) is 8.54. The molecule has 0 aliphatic rings. The average Bonchev–Trinajstić information content (AvgIpc) is 2.26. The Morgan fingerprint density at radius 2 is 1.81 bits per heavy atom. The van der Waals surface area contributed by atoms with E-state index in [-0.39, 0.29) is 10.6 Å². The second-order valence-corrected chi connectivity index (χ2v) is 4.68. The molecule has 5 heteroatoms. The molecule has 2 aromatic carbocycles. The summed E-state index contributed by atoms with van der Waals surface area (Å²) in [4.78, 5) is -0.214. The van der Waals surface area contributed by atoms with Crippen LogP contribution in [-0.2, 0) is 10.1 Å². The Balaban J connectivity index is 2.89. The minimum Gasteiger partial charge on any atom is -0.495 e. The normalized spacial score (nSPS) is 11.6. The van der Waals surface area contributed by atoms with Crippen molar-refractivity contribution >= 4 is 20.9 Å². The zero-order chi connectivity index (χ0) is 11.8. The van der Waals surface area contributed by atoms with Gasteiger partial charge in [0, 0.05) is 5.39 Å². The lowest BCUT2D eigenvalue weighted by molar-refractivity contribution is 0.402. The topological polar surface area (TPSA) is 63.6 Å². The van der Waals surface area contributed by atoms with Gasteiger partial charge >= 0.3 is 0 Å². The molecule has 1 N–H and O–H groups in total. The molecule has 0 unspecified atom stereocenters. The lowest BCUT2D eigenvalue weighted by Crippen LogP contribution is -2.01. The predicted molar refractivity (Wildman–Crippen MR) is 60.3 cm³/mol. The van der Waals surface area contributed by atoms with Crippen LogP contribution in [0.1, 0.15) is 0 Å². The molecule has 2 rings (SSSR count). The van der Waals surface area contributed by atoms with Gasteiger partial charge in [-0.2, -0.15) is 8.42 Å². The number of fused-ring (bicyclic) bond motifs is 1. The van der Waals surface area contributed by atoms with Gasteiger partial charge in [-0.3, -0.25) is 4.55 Å². The summed E-state index contributed by atoms with van der Waals surface area (Å²) in [5.74, 6) is 0.167. The van der Waals surface area contributed by atoms with Gasteiger partial charge in [-0.1, -0.05) is 30.3 Å². The van der Waals surface area contributed by atoms with E-state index in [1.807, 2.05) is 12.1 Å². The molecule has 0 saturated carbocycles. The van der Waals surface area contributed by atoms with E-state index in [2.05, 4.69) is 0 Å². The quantitative estimate of drug-likeness (QED) is 0.814. The average molecular weight is 238 g/mol. The third-order valence-electron chi connectivity index (χ3n) is 2.33. The van der Waals surface area contributed by atoms with Gasteiger partial charge in [-0.15, -0.1) is 0 Å². The molecule has 0 saturated heterocycles. The monoisotopic (exact) mass is 238 g/mol. The molecule has 0 aliphatic carbocycles. The zero-order valence-corrected chi connectivity index (χ0v) is 9.36. The van der Waals surface area contributed by atoms with Crippen molar-refractivity contribution in [1.82, 2.24) is 0 Å². The SMILES string of the molecule is COc1c(S(=O)(=O)O)ccc2ccccc12. The van der Waals surface area contributed by atoms with Crippen LogP contribution < -0.4 is 4.74 Å². The maximum atomic E-state index is 11.1. The number of benzene rings is 2. The molecule has 0 bridgehead atoms. The van der Waals surface area contributed by atoms with Crippen molar-refractivity contribution in [2.45, 2.75) is 4.90 Å². The van der Waals surface area contributed by atoms with Gasteiger partial charge in [0.05, 0.1) is 7.11 Å². The van der Waals surface area contributed by atoms with Gasteiger partial charge in [0.1, 0.15) is 10.6 Å². The molecule has 0 aliphatic heterocycles. The fourth-order valence-corrected chi connectivity index (χ4v) is 2.30. The smallest absolute Gasteiger partial charge is 0.298 e. The Hall–Kier alpha value is -1.59. The van der Waals surface area contributed by atoms with E-state index in [0.717, 1.165) is 5.39 Å². The van der Waals surface area contributed by atoms with Crippen molar-refractivity contribution in [3.05, 3.63) is 36.4 Å². The van der Waals surface area contributed by atoms with Crippen LogP contribution in [0.15, 0.2) is 41.3 Å². The molecule has 16 heavy (non-hydrogen) atoms.